The number of aryl methyl sites for hydroxylation is 1. The summed E-state index contributed by atoms with van der Waals surface area (Å²) >= 11 is 12.5. The molecular formula is C18H20BCl2N3O2S. The Hall–Kier alpha value is -1.25. The van der Waals surface area contributed by atoms with Crippen LogP contribution in [0.15, 0.2) is 30.6 Å². The number of rotatable bonds is 1. The van der Waals surface area contributed by atoms with Crippen LogP contribution in [-0.2, 0) is 9.31 Å². The van der Waals surface area contributed by atoms with Crippen molar-refractivity contribution in [2.75, 3.05) is 0 Å². The van der Waals surface area contributed by atoms with Gasteiger partial charge in [0.15, 0.2) is 0 Å². The molecule has 1 aliphatic heterocycles. The van der Waals surface area contributed by atoms with Crippen molar-refractivity contribution in [1.29, 1.82) is 0 Å². The maximum absolute atomic E-state index is 6.07. The zero-order valence-corrected chi connectivity index (χ0v) is 18.1. The van der Waals surface area contributed by atoms with Gasteiger partial charge in [0.05, 0.1) is 26.4 Å². The van der Waals surface area contributed by atoms with Crippen molar-refractivity contribution >= 4 is 57.3 Å². The topological polar surface area (TPSA) is 57.1 Å². The van der Waals surface area contributed by atoms with E-state index in [2.05, 4.69) is 48.7 Å². The molecular weight excluding hydrogens is 404 g/mol. The van der Waals surface area contributed by atoms with Crippen LogP contribution in [0.1, 0.15) is 32.7 Å². The van der Waals surface area contributed by atoms with Crippen molar-refractivity contribution in [2.24, 2.45) is 0 Å². The Labute approximate surface area is 173 Å². The zero-order chi connectivity index (χ0) is 19.8. The van der Waals surface area contributed by atoms with Gasteiger partial charge in [0.1, 0.15) is 16.6 Å². The first-order chi connectivity index (χ1) is 12.6. The summed E-state index contributed by atoms with van der Waals surface area (Å²) in [7, 11) is -0.295. The van der Waals surface area contributed by atoms with Gasteiger partial charge in [-0.2, -0.15) is 0 Å². The number of benzene rings is 1. The van der Waals surface area contributed by atoms with Crippen LogP contribution in [0.3, 0.4) is 0 Å². The fourth-order valence-corrected chi connectivity index (χ4v) is 3.72. The van der Waals surface area contributed by atoms with Gasteiger partial charge in [0.25, 0.3) is 0 Å². The van der Waals surface area contributed by atoms with E-state index >= 15 is 0 Å². The quantitative estimate of drug-likeness (QED) is 0.419. The molecule has 0 N–H and O–H groups in total. The van der Waals surface area contributed by atoms with E-state index in [0.29, 0.717) is 10.3 Å². The number of nitrogens with zero attached hydrogens (tertiary/aromatic N) is 3. The van der Waals surface area contributed by atoms with E-state index in [1.54, 1.807) is 11.3 Å². The molecule has 3 aromatic rings. The summed E-state index contributed by atoms with van der Waals surface area (Å²) < 4.78 is 13.3. The molecule has 0 radical (unpaired) electrons. The summed E-state index contributed by atoms with van der Waals surface area (Å²) in [5.74, 6) is 0. The highest BCUT2D eigenvalue weighted by atomic mass is 35.5. The number of hydrogen-bond acceptors (Lipinski definition) is 6. The van der Waals surface area contributed by atoms with Gasteiger partial charge in [-0.1, -0.05) is 29.3 Å². The molecule has 0 aliphatic carbocycles. The highest BCUT2D eigenvalue weighted by Crippen LogP contribution is 2.36. The van der Waals surface area contributed by atoms with Gasteiger partial charge >= 0.3 is 7.12 Å². The van der Waals surface area contributed by atoms with Crippen molar-refractivity contribution in [1.82, 2.24) is 15.0 Å². The monoisotopic (exact) mass is 423 g/mol. The van der Waals surface area contributed by atoms with E-state index in [-0.39, 0.29) is 18.3 Å². The van der Waals surface area contributed by atoms with E-state index in [9.17, 15) is 0 Å². The molecule has 5 nitrogen and oxygen atoms in total. The summed E-state index contributed by atoms with van der Waals surface area (Å²) in [5.41, 5.74) is 1.52. The molecule has 0 atom stereocenters. The first kappa shape index (κ1) is 20.5. The second kappa shape index (κ2) is 7.64. The van der Waals surface area contributed by atoms with Gasteiger partial charge in [-0.25, -0.2) is 15.0 Å². The zero-order valence-electron chi connectivity index (χ0n) is 15.8. The summed E-state index contributed by atoms with van der Waals surface area (Å²) in [6.07, 6.45) is 1.31. The maximum Gasteiger partial charge on any atom is 0.494 e. The molecule has 0 bridgehead atoms. The molecule has 0 spiro atoms. The third-order valence-electron chi connectivity index (χ3n) is 4.65. The molecule has 1 aliphatic rings. The second-order valence-corrected chi connectivity index (χ2v) is 9.22. The van der Waals surface area contributed by atoms with E-state index in [4.69, 9.17) is 32.5 Å². The average molecular weight is 424 g/mol. The van der Waals surface area contributed by atoms with Gasteiger partial charge in [0.2, 0.25) is 0 Å². The lowest BCUT2D eigenvalue weighted by Crippen LogP contribution is -2.41. The Balaban J connectivity index is 0.000000221. The number of aromatic nitrogens is 3. The Bertz CT molecular complexity index is 931. The Morgan fingerprint density at radius 1 is 0.963 bits per heavy atom. The van der Waals surface area contributed by atoms with Gasteiger partial charge in [-0.05, 0) is 52.2 Å². The number of fused-ring (bicyclic) bond motifs is 1. The molecule has 1 fully saturated rings. The summed E-state index contributed by atoms with van der Waals surface area (Å²) in [5, 5.41) is 1.82. The smallest absolute Gasteiger partial charge is 0.399 e. The molecule has 1 saturated heterocycles. The number of hydrogen-bond donors (Lipinski definition) is 0. The van der Waals surface area contributed by atoms with Crippen LogP contribution in [0, 0.1) is 6.92 Å². The largest absolute Gasteiger partial charge is 0.494 e. The first-order valence-corrected chi connectivity index (χ1v) is 10.0. The Kier molecular flexibility index (Phi) is 5.80. The highest BCUT2D eigenvalue weighted by Gasteiger charge is 2.51. The van der Waals surface area contributed by atoms with E-state index < -0.39 is 0 Å². The SMILES string of the molecule is Cc1nc2ccc(B3OC(C)(C)C(C)(C)O3)cc2s1.Clc1cc(Cl)ncn1. The second-order valence-electron chi connectivity index (χ2n) is 7.21. The van der Waals surface area contributed by atoms with Crippen LogP contribution in [0.4, 0.5) is 0 Å². The third kappa shape index (κ3) is 4.61. The standard InChI is InChI=1S/C14H18BNO2S.C4H2Cl2N2/c1-9-16-11-7-6-10(8-12(11)19-9)15-17-13(2,3)14(4,5)18-15;5-3-1-4(6)8-2-7-3/h6-8H,1-5H3;1-2H. The van der Waals surface area contributed by atoms with Crippen LogP contribution in [-0.4, -0.2) is 33.3 Å². The van der Waals surface area contributed by atoms with Crippen LogP contribution < -0.4 is 5.46 Å². The highest BCUT2D eigenvalue weighted by molar-refractivity contribution is 7.18. The Morgan fingerprint density at radius 3 is 2.07 bits per heavy atom. The van der Waals surface area contributed by atoms with Gasteiger partial charge < -0.3 is 9.31 Å². The molecule has 0 saturated carbocycles. The molecule has 2 aromatic heterocycles. The molecule has 1 aromatic carbocycles. The van der Waals surface area contributed by atoms with Crippen molar-refractivity contribution in [3.05, 3.63) is 45.9 Å². The summed E-state index contributed by atoms with van der Waals surface area (Å²) in [6, 6.07) is 7.69. The third-order valence-corrected chi connectivity index (χ3v) is 5.99. The average Bonchev–Trinajstić information content (AvgIpc) is 3.02. The molecule has 4 rings (SSSR count). The lowest BCUT2D eigenvalue weighted by Gasteiger charge is -2.32. The lowest BCUT2D eigenvalue weighted by atomic mass is 9.79. The minimum absolute atomic E-state index is 0.295. The molecule has 0 unspecified atom stereocenters. The van der Waals surface area contributed by atoms with Crippen LogP contribution in [0.2, 0.25) is 10.3 Å². The molecule has 27 heavy (non-hydrogen) atoms. The minimum atomic E-state index is -0.295. The maximum atomic E-state index is 6.07. The predicted molar refractivity (Wildman–Crippen MR) is 112 cm³/mol. The first-order valence-electron chi connectivity index (χ1n) is 8.43. The van der Waals surface area contributed by atoms with Crippen LogP contribution in [0.5, 0.6) is 0 Å². The van der Waals surface area contributed by atoms with Gasteiger partial charge in [-0.3, -0.25) is 0 Å². The van der Waals surface area contributed by atoms with E-state index in [0.717, 1.165) is 16.0 Å². The summed E-state index contributed by atoms with van der Waals surface area (Å²) in [4.78, 5) is 11.7. The number of thiazole rings is 1. The molecule has 0 amide bonds. The molecule has 9 heteroatoms. The van der Waals surface area contributed by atoms with Gasteiger partial charge in [0, 0.05) is 6.07 Å². The van der Waals surface area contributed by atoms with E-state index in [1.165, 1.54) is 17.1 Å². The fourth-order valence-electron chi connectivity index (χ4n) is 2.49. The lowest BCUT2D eigenvalue weighted by molar-refractivity contribution is 0.00578. The predicted octanol–water partition coefficient (Wildman–Crippen LogP) is 4.69. The number of halogens is 2. The molecule has 142 valence electrons. The summed E-state index contributed by atoms with van der Waals surface area (Å²) in [6.45, 7) is 10.3. The van der Waals surface area contributed by atoms with Crippen molar-refractivity contribution in [3.8, 4) is 0 Å². The molecule has 3 heterocycles. The normalized spacial score (nSPS) is 17.7. The van der Waals surface area contributed by atoms with Crippen molar-refractivity contribution in [3.63, 3.8) is 0 Å². The van der Waals surface area contributed by atoms with Crippen LogP contribution in [0.25, 0.3) is 10.2 Å². The van der Waals surface area contributed by atoms with E-state index in [1.807, 2.05) is 19.1 Å². The minimum Gasteiger partial charge on any atom is -0.399 e. The Morgan fingerprint density at radius 2 is 1.56 bits per heavy atom. The van der Waals surface area contributed by atoms with Crippen molar-refractivity contribution < 1.29 is 9.31 Å². The van der Waals surface area contributed by atoms with Crippen molar-refractivity contribution in [2.45, 2.75) is 45.8 Å². The van der Waals surface area contributed by atoms with Gasteiger partial charge in [-0.15, -0.1) is 11.3 Å². The fraction of sp³-hybridized carbons (Fsp3) is 0.389. The van der Waals surface area contributed by atoms with Crippen LogP contribution >= 0.6 is 34.5 Å².